The van der Waals surface area contributed by atoms with Gasteiger partial charge in [-0.05, 0) is 71.5 Å². The molecule has 3 N–H and O–H groups in total. The number of para-hydroxylation sites is 1. The monoisotopic (exact) mass is 782 g/mol. The van der Waals surface area contributed by atoms with Crippen LogP contribution in [0.1, 0.15) is 22.3 Å². The Balaban J connectivity index is 0. The molecule has 12 nitrogen and oxygen atoms in total. The van der Waals surface area contributed by atoms with Crippen LogP contribution in [0.4, 0.5) is 28.4 Å². The summed E-state index contributed by atoms with van der Waals surface area (Å²) in [5.41, 5.74) is 10.9. The number of benzene rings is 3. The first kappa shape index (κ1) is 49.3. The second-order valence-electron chi connectivity index (χ2n) is 10.9. The van der Waals surface area contributed by atoms with Gasteiger partial charge in [0.1, 0.15) is 14.1 Å². The lowest BCUT2D eigenvalue weighted by Gasteiger charge is -2.16. The number of allylic oxidation sites excluding steroid dienone is 4. The fraction of sp³-hybridized carbons (Fsp3) is 0.314. The molecule has 0 bridgehead atoms. The van der Waals surface area contributed by atoms with Crippen LogP contribution in [0.2, 0.25) is 0 Å². The molecule has 0 aromatic heterocycles. The van der Waals surface area contributed by atoms with Crippen molar-refractivity contribution in [3.05, 3.63) is 91.0 Å². The lowest BCUT2D eigenvalue weighted by atomic mass is 10.1. The second-order valence-corrected chi connectivity index (χ2v) is 17.3. The van der Waals surface area contributed by atoms with Crippen molar-refractivity contribution in [2.45, 2.75) is 32.1 Å². The number of aliphatic imine (C=N–C) groups is 1. The maximum absolute atomic E-state index is 11.2. The molecule has 284 valence electrons. The minimum absolute atomic E-state index is 0. The molecular formula is C35H54N6O6S4. The molecule has 4 rings (SSSR count). The van der Waals surface area contributed by atoms with Gasteiger partial charge in [0, 0.05) is 92.9 Å². The van der Waals surface area contributed by atoms with Crippen LogP contribution in [0.15, 0.2) is 106 Å². The Bertz CT molecular complexity index is 1870. The molecule has 0 radical (unpaired) electrons. The maximum Gasteiger partial charge on any atom is 0.324 e. The number of nitrogen functional groups attached to an aromatic ring is 1. The van der Waals surface area contributed by atoms with E-state index in [1.54, 1.807) is 30.3 Å². The smallest absolute Gasteiger partial charge is 0.324 e. The zero-order valence-electron chi connectivity index (χ0n) is 28.1. The van der Waals surface area contributed by atoms with E-state index in [0.717, 1.165) is 17.1 Å². The summed E-state index contributed by atoms with van der Waals surface area (Å²) in [5, 5.41) is 0. The van der Waals surface area contributed by atoms with Gasteiger partial charge in [-0.2, -0.15) is 8.42 Å². The first-order valence-corrected chi connectivity index (χ1v) is 19.7. The highest BCUT2D eigenvalue weighted by molar-refractivity contribution is 8.70. The molecule has 0 heterocycles. The molecular weight excluding hydrogens is 729 g/mol. The van der Waals surface area contributed by atoms with E-state index in [4.69, 9.17) is 10.3 Å². The van der Waals surface area contributed by atoms with Crippen molar-refractivity contribution in [3.8, 4) is 0 Å². The number of nitrogens with zero attached hydrogens (tertiary/aromatic N) is 5. The highest BCUT2D eigenvalue weighted by atomic mass is 33.2. The number of hydrogen-bond acceptors (Lipinski definition) is 12. The standard InChI is InChI=1S/C16H19N3O3S2.C8H12N2O3S2.C8H11N.3CH4/c1-18(2)13-7-5-12(6-8-13)17-15-10-9-14(19(3)4)11-16(15)23-24(20,21)22;1-10(2)6-3-4-7(9)8(5-6)14-15(11,12)13;1-9(2)8-6-4-3-5-7-8;;;/h5-11H,1-4H3;3-5H,9H2,1-2H3,(H,11,12,13);3-7H,1-2H3;3*1H4. The molecule has 51 heavy (non-hydrogen) atoms. The van der Waals surface area contributed by atoms with Crippen molar-refractivity contribution in [3.63, 3.8) is 0 Å². The maximum atomic E-state index is 11.2. The second kappa shape index (κ2) is 22.2. The molecule has 0 saturated heterocycles. The molecule has 16 heteroatoms. The van der Waals surface area contributed by atoms with Gasteiger partial charge in [0.15, 0.2) is 14.9 Å². The molecule has 0 amide bonds. The van der Waals surface area contributed by atoms with Crippen LogP contribution in [0.25, 0.3) is 0 Å². The summed E-state index contributed by atoms with van der Waals surface area (Å²) in [5.74, 6) is 0. The van der Waals surface area contributed by atoms with Crippen LogP contribution >= 0.6 is 21.6 Å². The summed E-state index contributed by atoms with van der Waals surface area (Å²) in [4.78, 5) is 10.8. The summed E-state index contributed by atoms with van der Waals surface area (Å²) in [7, 11) is 7.31. The Morgan fingerprint density at radius 2 is 1.16 bits per heavy atom. The lowest BCUT2D eigenvalue weighted by molar-refractivity contribution is -0.462. The Morgan fingerprint density at radius 1 is 0.686 bits per heavy atom. The van der Waals surface area contributed by atoms with Crippen LogP contribution in [-0.4, -0.2) is 98.3 Å². The quantitative estimate of drug-likeness (QED) is 0.0785. The van der Waals surface area contributed by atoms with Crippen LogP contribution in [0.3, 0.4) is 0 Å². The number of anilines is 4. The van der Waals surface area contributed by atoms with Gasteiger partial charge in [-0.1, -0.05) is 40.5 Å². The normalized spacial score (nSPS) is 11.6. The van der Waals surface area contributed by atoms with Crippen molar-refractivity contribution in [1.82, 2.24) is 0 Å². The minimum Gasteiger partial charge on any atom is -0.739 e. The first-order chi connectivity index (χ1) is 22.3. The van der Waals surface area contributed by atoms with Crippen molar-refractivity contribution >= 4 is 79.7 Å². The van der Waals surface area contributed by atoms with Gasteiger partial charge < -0.3 is 25.0 Å². The summed E-state index contributed by atoms with van der Waals surface area (Å²) in [6, 6.07) is 20.4. The van der Waals surface area contributed by atoms with Gasteiger partial charge in [-0.15, -0.1) is 0 Å². The lowest BCUT2D eigenvalue weighted by Crippen LogP contribution is -2.11. The molecule has 0 unspecified atom stereocenters. The highest BCUT2D eigenvalue weighted by Gasteiger charge is 2.13. The number of nitrogens with two attached hydrogens (primary N) is 1. The van der Waals surface area contributed by atoms with E-state index in [1.807, 2.05) is 119 Å². The molecule has 0 aliphatic heterocycles. The highest BCUT2D eigenvalue weighted by Crippen LogP contribution is 2.36. The predicted octanol–water partition coefficient (Wildman–Crippen LogP) is 7.11. The Kier molecular flexibility index (Phi) is 21.5. The van der Waals surface area contributed by atoms with E-state index in [-0.39, 0.29) is 33.1 Å². The van der Waals surface area contributed by atoms with Gasteiger partial charge in [-0.25, -0.2) is 18.0 Å². The van der Waals surface area contributed by atoms with Gasteiger partial charge in [0.2, 0.25) is 0 Å². The zero-order chi connectivity index (χ0) is 36.2. The van der Waals surface area contributed by atoms with Crippen molar-refractivity contribution in [1.29, 1.82) is 0 Å². The first-order valence-electron chi connectivity index (χ1n) is 14.2. The Hall–Kier alpha value is -3.80. The van der Waals surface area contributed by atoms with E-state index in [0.29, 0.717) is 37.7 Å². The summed E-state index contributed by atoms with van der Waals surface area (Å²) in [6.45, 7) is 0. The van der Waals surface area contributed by atoms with E-state index in [2.05, 4.69) is 22.0 Å². The van der Waals surface area contributed by atoms with Gasteiger partial charge in [0.25, 0.3) is 0 Å². The van der Waals surface area contributed by atoms with Crippen LogP contribution in [0.5, 0.6) is 0 Å². The topological polar surface area (TPSA) is 163 Å². The predicted molar refractivity (Wildman–Crippen MR) is 222 cm³/mol. The average molecular weight is 783 g/mol. The SMILES string of the molecule is C.C.C.CN(C)c1ccc(N)c(SS(=O)(=O)O)c1.CN(C)c1ccc(N=C2C=CC(=[N+](C)C)C=C2)c(SS(=O)(=O)[O-])c1.CN(C)c1ccccc1. The van der Waals surface area contributed by atoms with E-state index in [1.165, 1.54) is 5.69 Å². The van der Waals surface area contributed by atoms with Crippen molar-refractivity contribution < 1.29 is 30.5 Å². The van der Waals surface area contributed by atoms with Crippen LogP contribution in [0, 0.1) is 0 Å². The molecule has 1 aliphatic rings. The van der Waals surface area contributed by atoms with Crippen molar-refractivity contribution in [2.75, 3.05) is 76.8 Å². The largest absolute Gasteiger partial charge is 0.739 e. The third-order valence-electron chi connectivity index (χ3n) is 6.25. The number of rotatable bonds is 8. The molecule has 0 fully saturated rings. The minimum atomic E-state index is -4.47. The summed E-state index contributed by atoms with van der Waals surface area (Å²) >= 11 is 0. The molecule has 3 aromatic carbocycles. The van der Waals surface area contributed by atoms with Crippen LogP contribution in [-0.2, 0) is 18.3 Å². The van der Waals surface area contributed by atoms with Gasteiger partial charge >= 0.3 is 9.15 Å². The molecule has 1 aliphatic carbocycles. The van der Waals surface area contributed by atoms with Gasteiger partial charge in [0.05, 0.1) is 16.3 Å². The number of hydrogen-bond donors (Lipinski definition) is 2. The van der Waals surface area contributed by atoms with Crippen molar-refractivity contribution in [2.24, 2.45) is 4.99 Å². The summed E-state index contributed by atoms with van der Waals surface area (Å²) in [6.07, 6.45) is 7.53. The third kappa shape index (κ3) is 18.3. The summed E-state index contributed by atoms with van der Waals surface area (Å²) < 4.78 is 65.5. The van der Waals surface area contributed by atoms with E-state index >= 15 is 0 Å². The van der Waals surface area contributed by atoms with Crippen LogP contribution < -0.4 is 20.4 Å². The molecule has 3 aromatic rings. The molecule has 0 spiro atoms. The average Bonchev–Trinajstić information content (AvgIpc) is 2.99. The molecule has 0 atom stereocenters. The van der Waals surface area contributed by atoms with E-state index in [9.17, 15) is 21.4 Å². The Morgan fingerprint density at radius 3 is 1.57 bits per heavy atom. The zero-order valence-corrected chi connectivity index (χ0v) is 31.4. The molecule has 0 saturated carbocycles. The van der Waals surface area contributed by atoms with E-state index < -0.39 is 18.3 Å². The third-order valence-corrected chi connectivity index (χ3v) is 10.0. The van der Waals surface area contributed by atoms with Gasteiger partial charge in [-0.3, -0.25) is 4.55 Å². The Labute approximate surface area is 313 Å². The fourth-order valence-electron chi connectivity index (χ4n) is 3.73. The fourth-order valence-corrected chi connectivity index (χ4v) is 7.05.